The van der Waals surface area contributed by atoms with Crippen LogP contribution in [0.25, 0.3) is 0 Å². The first-order valence-corrected chi connectivity index (χ1v) is 14.3. The van der Waals surface area contributed by atoms with Gasteiger partial charge in [-0.25, -0.2) is 0 Å². The summed E-state index contributed by atoms with van der Waals surface area (Å²) in [6.07, 6.45) is -9.31. The summed E-state index contributed by atoms with van der Waals surface area (Å²) in [4.78, 5) is 39.7. The van der Waals surface area contributed by atoms with E-state index in [0.717, 1.165) is 0 Å². The number of carbonyl (C=O) groups is 3. The van der Waals surface area contributed by atoms with Crippen LogP contribution in [0.1, 0.15) is 84.8 Å². The highest BCUT2D eigenvalue weighted by Gasteiger charge is 2.64. The van der Waals surface area contributed by atoms with E-state index in [9.17, 15) is 40.7 Å². The zero-order valence-electron chi connectivity index (χ0n) is 23.2. The Balaban J connectivity index is 1.68. The number of rotatable bonds is 9. The Kier molecular flexibility index (Phi) is 9.20. The highest BCUT2D eigenvalue weighted by Crippen LogP contribution is 2.58. The van der Waals surface area contributed by atoms with Gasteiger partial charge >= 0.3 is 18.3 Å². The van der Waals surface area contributed by atoms with Gasteiger partial charge in [-0.15, -0.1) is 0 Å². The van der Waals surface area contributed by atoms with E-state index in [4.69, 9.17) is 27.9 Å². The van der Waals surface area contributed by atoms with Crippen molar-refractivity contribution >= 4 is 40.9 Å². The molecule has 2 aliphatic carbocycles. The van der Waals surface area contributed by atoms with Crippen molar-refractivity contribution in [2.75, 3.05) is 19.7 Å². The Hall–Kier alpha value is -2.80. The topological polar surface area (TPSA) is 81.5 Å². The molecular weight excluding hydrogens is 627 g/mol. The molecule has 43 heavy (non-hydrogen) atoms. The maximum atomic E-state index is 14.5. The minimum absolute atomic E-state index is 0.109. The number of esters is 1. The van der Waals surface area contributed by atoms with Crippen LogP contribution in [0, 0.1) is 10.8 Å². The summed E-state index contributed by atoms with van der Waals surface area (Å²) in [7, 11) is 0. The normalized spacial score (nSPS) is 21.8. The number of benzene rings is 1. The van der Waals surface area contributed by atoms with Crippen LogP contribution in [0.15, 0.2) is 24.4 Å². The van der Waals surface area contributed by atoms with Crippen molar-refractivity contribution in [3.8, 4) is 0 Å². The van der Waals surface area contributed by atoms with Crippen molar-refractivity contribution in [1.29, 1.82) is 0 Å². The first-order valence-electron chi connectivity index (χ1n) is 13.6. The maximum Gasteiger partial charge on any atom is 0.433 e. The summed E-state index contributed by atoms with van der Waals surface area (Å²) in [6.45, 7) is 1.43. The van der Waals surface area contributed by atoms with Crippen molar-refractivity contribution < 1.29 is 45.5 Å². The van der Waals surface area contributed by atoms with Gasteiger partial charge in [0.1, 0.15) is 0 Å². The zero-order valence-corrected chi connectivity index (χ0v) is 24.8. The number of halogens is 8. The molecule has 4 rings (SSSR count). The molecule has 0 atom stereocenters. The predicted molar refractivity (Wildman–Crippen MR) is 144 cm³/mol. The van der Waals surface area contributed by atoms with E-state index in [1.165, 1.54) is 18.2 Å². The van der Waals surface area contributed by atoms with Crippen LogP contribution in [0.5, 0.6) is 0 Å². The standard InChI is InChI=1S/C28H29Cl2F6N3O4/c1-3-43-24(42)25(2)9-7-16(8-10-25)39-22(27(31,32)33)17(13-37-39)23(41)38(15-26(11-12-26)28(34,35)36)14-20(40)21-18(29)5-4-6-19(21)30/h4-6,13,16H,3,7-12,14-15H2,1-2H3. The fourth-order valence-corrected chi connectivity index (χ4v) is 6.11. The average Bonchev–Trinajstić information content (AvgIpc) is 3.56. The fraction of sp³-hybridized carbons (Fsp3) is 0.571. The number of ketones is 1. The molecule has 1 heterocycles. The third kappa shape index (κ3) is 6.67. The van der Waals surface area contributed by atoms with E-state index in [1.807, 2.05) is 0 Å². The number of Topliss-reactive ketones (excluding diaryl/α,β-unsaturated/α-hetero) is 1. The van der Waals surface area contributed by atoms with Gasteiger partial charge in [-0.1, -0.05) is 29.3 Å². The van der Waals surface area contributed by atoms with Crippen molar-refractivity contribution in [2.24, 2.45) is 10.8 Å². The summed E-state index contributed by atoms with van der Waals surface area (Å²) in [5, 5.41) is 3.59. The molecule has 0 radical (unpaired) electrons. The Morgan fingerprint density at radius 3 is 2.12 bits per heavy atom. The summed E-state index contributed by atoms with van der Waals surface area (Å²) < 4.78 is 90.9. The van der Waals surface area contributed by atoms with Crippen LogP contribution >= 0.6 is 23.2 Å². The molecule has 0 saturated heterocycles. The van der Waals surface area contributed by atoms with Crippen molar-refractivity contribution in [1.82, 2.24) is 14.7 Å². The quantitative estimate of drug-likeness (QED) is 0.158. The average molecular weight is 656 g/mol. The molecule has 0 N–H and O–H groups in total. The molecular formula is C28H29Cl2F6N3O4. The lowest BCUT2D eigenvalue weighted by Crippen LogP contribution is -2.44. The monoisotopic (exact) mass is 655 g/mol. The highest BCUT2D eigenvalue weighted by atomic mass is 35.5. The lowest BCUT2D eigenvalue weighted by Gasteiger charge is -2.36. The molecule has 1 amide bonds. The van der Waals surface area contributed by atoms with Crippen LogP contribution in [0.3, 0.4) is 0 Å². The second-order valence-corrected chi connectivity index (χ2v) is 12.1. The number of aromatic nitrogens is 2. The molecule has 2 aliphatic rings. The number of carbonyl (C=O) groups excluding carboxylic acids is 3. The number of hydrogen-bond acceptors (Lipinski definition) is 5. The van der Waals surface area contributed by atoms with Crippen LogP contribution in [0.4, 0.5) is 26.3 Å². The minimum atomic E-state index is -5.12. The summed E-state index contributed by atoms with van der Waals surface area (Å²) in [5.41, 5.74) is -5.94. The second kappa shape index (κ2) is 11.9. The van der Waals surface area contributed by atoms with E-state index in [2.05, 4.69) is 5.10 Å². The van der Waals surface area contributed by atoms with Crippen molar-refractivity contribution in [3.63, 3.8) is 0 Å². The lowest BCUT2D eigenvalue weighted by atomic mass is 9.74. The van der Waals surface area contributed by atoms with Gasteiger partial charge in [0.05, 0.1) is 57.4 Å². The van der Waals surface area contributed by atoms with E-state index in [-0.39, 0.29) is 60.7 Å². The van der Waals surface area contributed by atoms with Gasteiger partial charge in [-0.3, -0.25) is 19.1 Å². The molecule has 0 unspecified atom stereocenters. The van der Waals surface area contributed by atoms with Crippen LogP contribution in [-0.2, 0) is 15.7 Å². The SMILES string of the molecule is CCOC(=O)C1(C)CCC(n2ncc(C(=O)N(CC(=O)c3c(Cl)cccc3Cl)CC3(C(F)(F)F)CC3)c2C(F)(F)F)CC1. The zero-order chi connectivity index (χ0) is 32.0. The molecule has 0 aliphatic heterocycles. The predicted octanol–water partition coefficient (Wildman–Crippen LogP) is 7.56. The van der Waals surface area contributed by atoms with E-state index >= 15 is 0 Å². The highest BCUT2D eigenvalue weighted by molar-refractivity contribution is 6.40. The van der Waals surface area contributed by atoms with Gasteiger partial charge in [0.2, 0.25) is 0 Å². The molecule has 2 saturated carbocycles. The van der Waals surface area contributed by atoms with Gasteiger partial charge < -0.3 is 9.64 Å². The van der Waals surface area contributed by atoms with E-state index < -0.39 is 71.2 Å². The maximum absolute atomic E-state index is 14.5. The van der Waals surface area contributed by atoms with Gasteiger partial charge in [0.15, 0.2) is 11.5 Å². The number of alkyl halides is 6. The van der Waals surface area contributed by atoms with Gasteiger partial charge in [-0.2, -0.15) is 31.4 Å². The third-order valence-electron chi connectivity index (χ3n) is 8.28. The molecule has 2 aromatic rings. The second-order valence-electron chi connectivity index (χ2n) is 11.3. The van der Waals surface area contributed by atoms with E-state index in [0.29, 0.717) is 15.8 Å². The van der Waals surface area contributed by atoms with Gasteiger partial charge in [-0.05, 0) is 64.5 Å². The number of ether oxygens (including phenoxy) is 1. The molecule has 0 spiro atoms. The first-order chi connectivity index (χ1) is 19.9. The fourth-order valence-electron chi connectivity index (χ4n) is 5.51. The summed E-state index contributed by atoms with van der Waals surface area (Å²) in [6, 6.07) is 3.21. The van der Waals surface area contributed by atoms with Gasteiger partial charge in [0, 0.05) is 6.54 Å². The third-order valence-corrected chi connectivity index (χ3v) is 8.91. The van der Waals surface area contributed by atoms with Crippen LogP contribution in [-0.4, -0.2) is 58.2 Å². The van der Waals surface area contributed by atoms with Gasteiger partial charge in [0.25, 0.3) is 5.91 Å². The molecule has 2 fully saturated rings. The van der Waals surface area contributed by atoms with Crippen LogP contribution < -0.4 is 0 Å². The smallest absolute Gasteiger partial charge is 0.433 e. The Morgan fingerprint density at radius 1 is 1.05 bits per heavy atom. The molecule has 7 nitrogen and oxygen atoms in total. The Labute approximate surface area is 253 Å². The molecule has 0 bridgehead atoms. The number of nitrogens with zero attached hydrogens (tertiary/aromatic N) is 3. The molecule has 15 heteroatoms. The largest absolute Gasteiger partial charge is 0.466 e. The summed E-state index contributed by atoms with van der Waals surface area (Å²) >= 11 is 12.1. The van der Waals surface area contributed by atoms with Crippen molar-refractivity contribution in [2.45, 2.75) is 70.8 Å². The number of amides is 1. The molecule has 1 aromatic carbocycles. The summed E-state index contributed by atoms with van der Waals surface area (Å²) in [5.74, 6) is -2.83. The van der Waals surface area contributed by atoms with E-state index in [1.54, 1.807) is 13.8 Å². The first kappa shape index (κ1) is 33.1. The number of hydrogen-bond donors (Lipinski definition) is 0. The lowest BCUT2D eigenvalue weighted by molar-refractivity contribution is -0.189. The molecule has 1 aromatic heterocycles. The minimum Gasteiger partial charge on any atom is -0.466 e. The van der Waals surface area contributed by atoms with Crippen molar-refractivity contribution in [3.05, 3.63) is 51.3 Å². The Bertz CT molecular complexity index is 1380. The van der Waals surface area contributed by atoms with Crippen LogP contribution in [0.2, 0.25) is 10.0 Å². The Morgan fingerprint density at radius 2 is 1.63 bits per heavy atom. The molecule has 236 valence electrons.